The van der Waals surface area contributed by atoms with E-state index < -0.39 is 0 Å². The van der Waals surface area contributed by atoms with Gasteiger partial charge in [-0.15, -0.1) is 0 Å². The maximum absolute atomic E-state index is 12.4. The minimum atomic E-state index is -0.310. The maximum atomic E-state index is 12.4. The highest BCUT2D eigenvalue weighted by molar-refractivity contribution is 6.32. The largest absolute Gasteiger partial charge is 0.453 e. The molecule has 3 aliphatic rings. The Morgan fingerprint density at radius 3 is 2.57 bits per heavy atom. The molecular weight excluding hydrogens is 692 g/mol. The Kier molecular flexibility index (Phi) is 9.88. The van der Waals surface area contributed by atoms with Crippen LogP contribution in [0.15, 0.2) is 55.1 Å². The van der Waals surface area contributed by atoms with Crippen LogP contribution in [0.1, 0.15) is 55.3 Å². The number of aromatic nitrogens is 6. The Morgan fingerprint density at radius 2 is 1.83 bits per heavy atom. The smallest absolute Gasteiger partial charge is 0.234 e. The van der Waals surface area contributed by atoms with E-state index in [0.717, 1.165) is 81.2 Å². The number of nitrogens with one attached hydrogen (secondary N) is 2. The molecule has 1 aromatic carbocycles. The van der Waals surface area contributed by atoms with Gasteiger partial charge in [0.05, 0.1) is 35.3 Å². The monoisotopic (exact) mass is 736 g/mol. The van der Waals surface area contributed by atoms with Crippen LogP contribution < -0.4 is 15.0 Å². The third-order valence-electron chi connectivity index (χ3n) is 11.0. The molecule has 5 aromatic rings. The normalized spacial score (nSPS) is 20.6. The molecule has 2 amide bonds. The molecule has 3 aliphatic heterocycles. The number of benzene rings is 1. The predicted octanol–water partition coefficient (Wildman–Crippen LogP) is 5.45. The predicted molar refractivity (Wildman–Crippen MR) is 203 cm³/mol. The van der Waals surface area contributed by atoms with Gasteiger partial charge in [-0.05, 0) is 68.4 Å². The zero-order valence-electron chi connectivity index (χ0n) is 30.4. The van der Waals surface area contributed by atoms with Crippen molar-refractivity contribution < 1.29 is 14.3 Å². The fraction of sp³-hybridized carbons (Fsp3) is 0.436. The summed E-state index contributed by atoms with van der Waals surface area (Å²) in [6.07, 6.45) is 10.3. The van der Waals surface area contributed by atoms with E-state index in [1.54, 1.807) is 17.1 Å². The first kappa shape index (κ1) is 35.2. The molecule has 0 aliphatic carbocycles. The van der Waals surface area contributed by atoms with Gasteiger partial charge in [0.15, 0.2) is 11.4 Å². The number of amides is 2. The molecule has 0 unspecified atom stereocenters. The van der Waals surface area contributed by atoms with E-state index in [1.165, 1.54) is 5.56 Å². The van der Waals surface area contributed by atoms with Crippen molar-refractivity contribution in [3.8, 4) is 22.9 Å². The van der Waals surface area contributed by atoms with Crippen molar-refractivity contribution in [2.24, 2.45) is 13.0 Å². The highest BCUT2D eigenvalue weighted by Crippen LogP contribution is 2.36. The van der Waals surface area contributed by atoms with Gasteiger partial charge in [-0.1, -0.05) is 23.7 Å². The molecule has 0 spiro atoms. The zero-order chi connectivity index (χ0) is 36.6. The van der Waals surface area contributed by atoms with Gasteiger partial charge in [-0.3, -0.25) is 34.4 Å². The summed E-state index contributed by atoms with van der Waals surface area (Å²) >= 11 is 6.57. The van der Waals surface area contributed by atoms with Crippen LogP contribution in [0, 0.1) is 12.8 Å². The second-order valence-corrected chi connectivity index (χ2v) is 15.2. The zero-order valence-corrected chi connectivity index (χ0v) is 31.1. The molecule has 276 valence electrons. The summed E-state index contributed by atoms with van der Waals surface area (Å²) in [5.41, 5.74) is 6.14. The number of nitrogens with zero attached hydrogens (tertiary/aromatic N) is 8. The Hall–Kier alpha value is -4.85. The minimum Gasteiger partial charge on any atom is -0.453 e. The third-order valence-corrected chi connectivity index (χ3v) is 11.2. The van der Waals surface area contributed by atoms with Gasteiger partial charge in [0.2, 0.25) is 11.8 Å². The first-order valence-electron chi connectivity index (χ1n) is 18.5. The van der Waals surface area contributed by atoms with Crippen LogP contribution in [0.25, 0.3) is 22.6 Å². The number of ether oxygens (including phenoxy) is 1. The van der Waals surface area contributed by atoms with E-state index >= 15 is 0 Å². The average molecular weight is 737 g/mol. The van der Waals surface area contributed by atoms with Crippen LogP contribution in [0.3, 0.4) is 0 Å². The lowest BCUT2D eigenvalue weighted by molar-refractivity contribution is -0.134. The van der Waals surface area contributed by atoms with Crippen LogP contribution in [0.2, 0.25) is 5.02 Å². The first-order valence-corrected chi connectivity index (χ1v) is 18.9. The van der Waals surface area contributed by atoms with Crippen molar-refractivity contribution in [3.63, 3.8) is 0 Å². The number of rotatable bonds is 9. The SMILES string of the molecule is Cc1nn(C)cc1-c1nc2ncc(Cl)c(Oc3ccc(CN4CCN(CC5CCN(c6cncc([C@H]7CCC(=O)NC7=O)c6)CC5)[C@@H](C)C4)cc3)c2[nH]1. The molecule has 3 saturated heterocycles. The molecule has 8 rings (SSSR count). The number of imidazole rings is 1. The lowest BCUT2D eigenvalue weighted by Crippen LogP contribution is -2.53. The number of halogens is 1. The van der Waals surface area contributed by atoms with Crippen molar-refractivity contribution in [2.45, 2.75) is 58.0 Å². The maximum Gasteiger partial charge on any atom is 0.234 e. The molecule has 14 heteroatoms. The van der Waals surface area contributed by atoms with Crippen molar-refractivity contribution >= 4 is 40.3 Å². The lowest BCUT2D eigenvalue weighted by Gasteiger charge is -2.43. The van der Waals surface area contributed by atoms with Crippen LogP contribution in [-0.2, 0) is 23.2 Å². The Balaban J connectivity index is 0.821. The molecule has 2 atom stereocenters. The second-order valence-electron chi connectivity index (χ2n) is 14.8. The van der Waals surface area contributed by atoms with Crippen molar-refractivity contribution in [3.05, 3.63) is 77.0 Å². The topological polar surface area (TPSA) is 137 Å². The number of hydrogen-bond donors (Lipinski definition) is 2. The highest BCUT2D eigenvalue weighted by atomic mass is 35.5. The standard InChI is InChI=1S/C39H45ClN10O3/c1-24-20-48(14-15-50(24)22-27-10-12-49(13-11-27)29-16-28(17-41-18-29)31-8-9-34(51)43-39(31)52)21-26-4-6-30(7-5-26)53-36-33(40)19-42-38-35(36)44-37(45-38)32-23-47(3)46-25(32)2/h4-7,16-19,23-24,27,31H,8-15,20-22H2,1-3H3,(H,42,44,45)(H,43,51,52)/t24-,31+/m0/s1. The van der Waals surface area contributed by atoms with Crippen LogP contribution >= 0.6 is 11.6 Å². The molecule has 3 fully saturated rings. The minimum absolute atomic E-state index is 0.192. The number of carbonyl (C=O) groups is 2. The number of imide groups is 1. The number of fused-ring (bicyclic) bond motifs is 1. The summed E-state index contributed by atoms with van der Waals surface area (Å²) in [6, 6.07) is 10.8. The lowest BCUT2D eigenvalue weighted by atomic mass is 9.91. The van der Waals surface area contributed by atoms with Gasteiger partial charge in [0.1, 0.15) is 22.1 Å². The number of hydrogen-bond acceptors (Lipinski definition) is 10. The number of H-pyrrole nitrogens is 1. The van der Waals surface area contributed by atoms with Gasteiger partial charge in [-0.2, -0.15) is 5.10 Å². The Morgan fingerprint density at radius 1 is 1.02 bits per heavy atom. The van der Waals surface area contributed by atoms with Crippen LogP contribution in [0.5, 0.6) is 11.5 Å². The molecule has 4 aromatic heterocycles. The van der Waals surface area contributed by atoms with E-state index in [0.29, 0.717) is 58.3 Å². The van der Waals surface area contributed by atoms with Gasteiger partial charge < -0.3 is 14.6 Å². The molecule has 53 heavy (non-hydrogen) atoms. The van der Waals surface area contributed by atoms with Crippen LogP contribution in [0.4, 0.5) is 5.69 Å². The number of piperazine rings is 1. The molecule has 13 nitrogen and oxygen atoms in total. The molecular formula is C39H45ClN10O3. The Bertz CT molecular complexity index is 2120. The van der Waals surface area contributed by atoms with E-state index in [-0.39, 0.29) is 17.7 Å². The summed E-state index contributed by atoms with van der Waals surface area (Å²) in [5.74, 6) is 1.80. The highest BCUT2D eigenvalue weighted by Gasteiger charge is 2.31. The fourth-order valence-corrected chi connectivity index (χ4v) is 8.20. The molecule has 0 radical (unpaired) electrons. The van der Waals surface area contributed by atoms with Crippen molar-refractivity contribution in [2.75, 3.05) is 44.2 Å². The summed E-state index contributed by atoms with van der Waals surface area (Å²) < 4.78 is 8.07. The summed E-state index contributed by atoms with van der Waals surface area (Å²) in [5, 5.41) is 7.31. The van der Waals surface area contributed by atoms with Crippen LogP contribution in [-0.4, -0.2) is 96.6 Å². The quantitative estimate of drug-likeness (QED) is 0.188. The van der Waals surface area contributed by atoms with E-state index in [4.69, 9.17) is 16.3 Å². The van der Waals surface area contributed by atoms with Gasteiger partial charge >= 0.3 is 0 Å². The number of carbonyl (C=O) groups excluding carboxylic acids is 2. The number of piperidine rings is 2. The van der Waals surface area contributed by atoms with Gasteiger partial charge in [-0.25, -0.2) is 9.97 Å². The molecule has 2 N–H and O–H groups in total. The van der Waals surface area contributed by atoms with Crippen molar-refractivity contribution in [1.29, 1.82) is 0 Å². The number of aromatic amines is 1. The molecule has 0 bridgehead atoms. The van der Waals surface area contributed by atoms with Gasteiger partial charge in [0.25, 0.3) is 0 Å². The fourth-order valence-electron chi connectivity index (χ4n) is 8.02. The third kappa shape index (κ3) is 7.64. The number of aryl methyl sites for hydroxylation is 2. The van der Waals surface area contributed by atoms with E-state index in [9.17, 15) is 9.59 Å². The Labute approximate surface area is 313 Å². The summed E-state index contributed by atoms with van der Waals surface area (Å²) in [6.45, 7) is 11.4. The first-order chi connectivity index (χ1) is 25.7. The van der Waals surface area contributed by atoms with Gasteiger partial charge in [0, 0.05) is 77.7 Å². The number of anilines is 1. The molecule has 0 saturated carbocycles. The van der Waals surface area contributed by atoms with E-state index in [2.05, 4.69) is 70.2 Å². The van der Waals surface area contributed by atoms with E-state index in [1.807, 2.05) is 38.5 Å². The summed E-state index contributed by atoms with van der Waals surface area (Å²) in [4.78, 5) is 48.5. The summed E-state index contributed by atoms with van der Waals surface area (Å²) in [7, 11) is 1.88. The average Bonchev–Trinajstić information content (AvgIpc) is 3.73. The number of pyridine rings is 2. The molecule has 7 heterocycles. The van der Waals surface area contributed by atoms with Crippen molar-refractivity contribution in [1.82, 2.24) is 44.8 Å². The second kappa shape index (κ2) is 14.9.